The van der Waals surface area contributed by atoms with E-state index in [1.807, 2.05) is 0 Å². The second kappa shape index (κ2) is 6.07. The number of amides is 2. The smallest absolute Gasteiger partial charge is 0.247 e. The van der Waals surface area contributed by atoms with Crippen LogP contribution in [0, 0.1) is 5.41 Å². The number of carbonyl (C=O) groups excluding carboxylic acids is 2. The van der Waals surface area contributed by atoms with Crippen LogP contribution in [0.5, 0.6) is 0 Å². The fourth-order valence-corrected chi connectivity index (χ4v) is 4.10. The topological polar surface area (TPSA) is 49.4 Å². The molecule has 2 amide bonds. The summed E-state index contributed by atoms with van der Waals surface area (Å²) in [7, 11) is 0. The van der Waals surface area contributed by atoms with Crippen molar-refractivity contribution < 1.29 is 9.59 Å². The summed E-state index contributed by atoms with van der Waals surface area (Å²) in [6, 6.07) is -0.0789. The minimum Gasteiger partial charge on any atom is -0.305 e. The first-order valence-electron chi connectivity index (χ1n) is 8.74. The Bertz CT molecular complexity index is 411. The van der Waals surface area contributed by atoms with Gasteiger partial charge in [-0.1, -0.05) is 32.6 Å². The quantitative estimate of drug-likeness (QED) is 0.766. The van der Waals surface area contributed by atoms with Gasteiger partial charge < -0.3 is 5.32 Å². The lowest BCUT2D eigenvalue weighted by Crippen LogP contribution is -2.45. The largest absolute Gasteiger partial charge is 0.305 e. The van der Waals surface area contributed by atoms with Gasteiger partial charge in [0.05, 0.1) is 12.5 Å². The molecule has 1 aliphatic heterocycles. The molecule has 3 rings (SSSR count). The SMILES string of the molecule is CCCC1(CNC2CC(=O)N(C3CCCCC3)C2=O)CC1. The van der Waals surface area contributed by atoms with Gasteiger partial charge in [-0.05, 0) is 37.5 Å². The lowest BCUT2D eigenvalue weighted by Gasteiger charge is -2.29. The molecule has 0 aromatic rings. The van der Waals surface area contributed by atoms with Gasteiger partial charge in [-0.2, -0.15) is 0 Å². The minimum absolute atomic E-state index is 0.0409. The molecule has 21 heavy (non-hydrogen) atoms. The molecule has 4 nitrogen and oxygen atoms in total. The van der Waals surface area contributed by atoms with Gasteiger partial charge in [-0.3, -0.25) is 14.5 Å². The van der Waals surface area contributed by atoms with Crippen LogP contribution in [-0.2, 0) is 9.59 Å². The van der Waals surface area contributed by atoms with Gasteiger partial charge in [-0.25, -0.2) is 0 Å². The second-order valence-electron chi connectivity index (χ2n) is 7.28. The van der Waals surface area contributed by atoms with E-state index in [2.05, 4.69) is 12.2 Å². The minimum atomic E-state index is -0.256. The Hall–Kier alpha value is -0.900. The Balaban J connectivity index is 1.56. The molecular weight excluding hydrogens is 264 g/mol. The fourth-order valence-electron chi connectivity index (χ4n) is 4.10. The van der Waals surface area contributed by atoms with Gasteiger partial charge in [0, 0.05) is 12.6 Å². The predicted octanol–water partition coefficient (Wildman–Crippen LogP) is 2.62. The summed E-state index contributed by atoms with van der Waals surface area (Å²) in [5.74, 6) is 0.0870. The first-order chi connectivity index (χ1) is 10.2. The Morgan fingerprint density at radius 2 is 1.90 bits per heavy atom. The molecule has 2 saturated carbocycles. The van der Waals surface area contributed by atoms with Crippen LogP contribution in [0.15, 0.2) is 0 Å². The summed E-state index contributed by atoms with van der Waals surface area (Å²) in [6.07, 6.45) is 10.9. The number of nitrogens with zero attached hydrogens (tertiary/aromatic N) is 1. The van der Waals surface area contributed by atoms with Crippen LogP contribution in [0.1, 0.15) is 71.1 Å². The van der Waals surface area contributed by atoms with Crippen molar-refractivity contribution >= 4 is 11.8 Å². The average molecular weight is 292 g/mol. The third-order valence-corrected chi connectivity index (χ3v) is 5.58. The van der Waals surface area contributed by atoms with Gasteiger partial charge in [0.15, 0.2) is 0 Å². The molecule has 1 saturated heterocycles. The molecule has 0 radical (unpaired) electrons. The highest BCUT2D eigenvalue weighted by atomic mass is 16.2. The van der Waals surface area contributed by atoms with Gasteiger partial charge in [0.2, 0.25) is 11.8 Å². The lowest BCUT2D eigenvalue weighted by atomic mass is 9.94. The van der Waals surface area contributed by atoms with E-state index < -0.39 is 0 Å². The number of likely N-dealkylation sites (tertiary alicyclic amines) is 1. The maximum absolute atomic E-state index is 12.6. The van der Waals surface area contributed by atoms with Gasteiger partial charge in [-0.15, -0.1) is 0 Å². The highest BCUT2D eigenvalue weighted by Gasteiger charge is 2.45. The van der Waals surface area contributed by atoms with Crippen molar-refractivity contribution in [2.24, 2.45) is 5.41 Å². The van der Waals surface area contributed by atoms with E-state index in [0.29, 0.717) is 11.8 Å². The number of nitrogens with one attached hydrogen (secondary N) is 1. The van der Waals surface area contributed by atoms with Gasteiger partial charge in [0.1, 0.15) is 0 Å². The molecule has 0 bridgehead atoms. The molecule has 3 fully saturated rings. The van der Waals surface area contributed by atoms with Crippen molar-refractivity contribution in [2.75, 3.05) is 6.54 Å². The van der Waals surface area contributed by atoms with E-state index in [9.17, 15) is 9.59 Å². The number of imide groups is 1. The third-order valence-electron chi connectivity index (χ3n) is 5.58. The molecular formula is C17H28N2O2. The number of hydrogen-bond donors (Lipinski definition) is 1. The molecule has 1 N–H and O–H groups in total. The van der Waals surface area contributed by atoms with Crippen LogP contribution < -0.4 is 5.32 Å². The highest BCUT2D eigenvalue weighted by Crippen LogP contribution is 2.49. The van der Waals surface area contributed by atoms with Gasteiger partial charge in [0.25, 0.3) is 0 Å². The summed E-state index contributed by atoms with van der Waals surface area (Å²) in [5, 5.41) is 3.41. The molecule has 0 aromatic carbocycles. The summed E-state index contributed by atoms with van der Waals surface area (Å²) >= 11 is 0. The highest BCUT2D eigenvalue weighted by molar-refractivity contribution is 6.05. The molecule has 1 heterocycles. The normalized spacial score (nSPS) is 29.2. The third kappa shape index (κ3) is 3.15. The number of rotatable bonds is 6. The number of carbonyl (C=O) groups is 2. The molecule has 1 atom stereocenters. The summed E-state index contributed by atoms with van der Waals surface area (Å²) in [5.41, 5.74) is 0.427. The molecule has 118 valence electrons. The van der Waals surface area contributed by atoms with Crippen LogP contribution in [0.25, 0.3) is 0 Å². The zero-order chi connectivity index (χ0) is 14.9. The first kappa shape index (κ1) is 15.0. The summed E-state index contributed by atoms with van der Waals surface area (Å²) < 4.78 is 0. The van der Waals surface area contributed by atoms with Crippen LogP contribution >= 0.6 is 0 Å². The van der Waals surface area contributed by atoms with E-state index in [4.69, 9.17) is 0 Å². The van der Waals surface area contributed by atoms with Crippen molar-refractivity contribution in [3.8, 4) is 0 Å². The molecule has 2 aliphatic carbocycles. The van der Waals surface area contributed by atoms with E-state index in [1.165, 1.54) is 32.1 Å². The standard InChI is InChI=1S/C17H28N2O2/c1-2-8-17(9-10-17)12-18-14-11-15(20)19(16(14)21)13-6-4-3-5-7-13/h13-14,18H,2-12H2,1H3. The maximum Gasteiger partial charge on any atom is 0.247 e. The van der Waals surface area contributed by atoms with E-state index >= 15 is 0 Å². The molecule has 3 aliphatic rings. The fraction of sp³-hybridized carbons (Fsp3) is 0.882. The zero-order valence-corrected chi connectivity index (χ0v) is 13.2. The molecule has 1 unspecified atom stereocenters. The first-order valence-corrected chi connectivity index (χ1v) is 8.74. The van der Waals surface area contributed by atoms with Crippen LogP contribution in [0.4, 0.5) is 0 Å². The van der Waals surface area contributed by atoms with Crippen molar-refractivity contribution in [3.63, 3.8) is 0 Å². The van der Waals surface area contributed by atoms with Crippen molar-refractivity contribution in [1.82, 2.24) is 10.2 Å². The van der Waals surface area contributed by atoms with Crippen LogP contribution in [-0.4, -0.2) is 35.3 Å². The van der Waals surface area contributed by atoms with Crippen molar-refractivity contribution in [3.05, 3.63) is 0 Å². The van der Waals surface area contributed by atoms with Crippen LogP contribution in [0.2, 0.25) is 0 Å². The van der Waals surface area contributed by atoms with Crippen LogP contribution in [0.3, 0.4) is 0 Å². The van der Waals surface area contributed by atoms with E-state index in [-0.39, 0.29) is 23.9 Å². The molecule has 4 heteroatoms. The predicted molar refractivity (Wildman–Crippen MR) is 81.7 cm³/mol. The van der Waals surface area contributed by atoms with E-state index in [1.54, 1.807) is 4.90 Å². The van der Waals surface area contributed by atoms with Gasteiger partial charge >= 0.3 is 0 Å². The maximum atomic E-state index is 12.6. The summed E-state index contributed by atoms with van der Waals surface area (Å²) in [4.78, 5) is 26.4. The monoisotopic (exact) mass is 292 g/mol. The molecule has 0 aromatic heterocycles. The lowest BCUT2D eigenvalue weighted by molar-refractivity contribution is -0.142. The van der Waals surface area contributed by atoms with Crippen molar-refractivity contribution in [2.45, 2.75) is 83.2 Å². The van der Waals surface area contributed by atoms with E-state index in [0.717, 1.165) is 32.2 Å². The van der Waals surface area contributed by atoms with Crippen molar-refractivity contribution in [1.29, 1.82) is 0 Å². The molecule has 0 spiro atoms. The summed E-state index contributed by atoms with van der Waals surface area (Å²) in [6.45, 7) is 3.12. The Kier molecular flexibility index (Phi) is 4.34. The Morgan fingerprint density at radius 3 is 2.52 bits per heavy atom. The second-order valence-corrected chi connectivity index (χ2v) is 7.28. The zero-order valence-electron chi connectivity index (χ0n) is 13.2. The Labute approximate surface area is 127 Å². The number of hydrogen-bond acceptors (Lipinski definition) is 3. The Morgan fingerprint density at radius 1 is 1.19 bits per heavy atom. The average Bonchev–Trinajstić information content (AvgIpc) is 3.18.